The lowest BCUT2D eigenvalue weighted by atomic mass is 9.82. The Morgan fingerprint density at radius 1 is 0.955 bits per heavy atom. The number of halogens is 1. The number of benzene rings is 3. The highest BCUT2D eigenvalue weighted by atomic mass is 35.5. The highest BCUT2D eigenvalue weighted by Crippen LogP contribution is 2.47. The topological polar surface area (TPSA) is 97.3 Å². The number of aryl methyl sites for hydroxylation is 2. The zero-order valence-electron chi connectivity index (χ0n) is 25.2. The van der Waals surface area contributed by atoms with Crippen molar-refractivity contribution in [2.75, 3.05) is 38.2 Å². The SMILES string of the molecule is CCc1cc(Cl)cc(CC)c1NC(=O)CN1C[C@H](c2ccc3c(c2)OCCO3)C(C(=O)O)[C@@H]1c1ccc(OCC2CC2)cc1. The standard InChI is InChI=1S/C35H39ClN2O6/c1-3-22-15-26(36)16-23(4-2)33(22)37-31(39)19-38-18-28(25-9-12-29-30(17-25)43-14-13-42-29)32(35(40)41)34(38)24-7-10-27(11-8-24)44-20-21-5-6-21/h7-12,15-17,21,28,32,34H,3-6,13-14,18-20H2,1-2H3,(H,37,39)(H,40,41)/t28-,32?,34+/m1/s1. The van der Waals surface area contributed by atoms with E-state index < -0.39 is 17.9 Å². The van der Waals surface area contributed by atoms with E-state index in [0.29, 0.717) is 48.8 Å². The van der Waals surface area contributed by atoms with Gasteiger partial charge < -0.3 is 24.6 Å². The zero-order chi connectivity index (χ0) is 30.8. The lowest BCUT2D eigenvalue weighted by Gasteiger charge is -2.27. The number of hydrogen-bond acceptors (Lipinski definition) is 6. The van der Waals surface area contributed by atoms with Gasteiger partial charge in [0.05, 0.1) is 19.1 Å². The smallest absolute Gasteiger partial charge is 0.309 e. The molecule has 44 heavy (non-hydrogen) atoms. The van der Waals surface area contributed by atoms with Crippen molar-refractivity contribution in [3.8, 4) is 17.2 Å². The second kappa shape index (κ2) is 13.1. The Morgan fingerprint density at radius 3 is 2.25 bits per heavy atom. The quantitative estimate of drug-likeness (QED) is 0.253. The van der Waals surface area contributed by atoms with Crippen LogP contribution in [-0.4, -0.2) is 54.8 Å². The molecule has 3 aromatic rings. The molecular weight excluding hydrogens is 580 g/mol. The first kappa shape index (κ1) is 30.3. The molecule has 232 valence electrons. The van der Waals surface area contributed by atoms with Crippen LogP contribution < -0.4 is 19.5 Å². The number of nitrogens with one attached hydrogen (secondary N) is 1. The number of anilines is 1. The van der Waals surface area contributed by atoms with Crippen molar-refractivity contribution in [1.29, 1.82) is 0 Å². The minimum absolute atomic E-state index is 0.0321. The number of carboxylic acid groups (broad SMARTS) is 1. The van der Waals surface area contributed by atoms with Gasteiger partial charge in [0.25, 0.3) is 0 Å². The monoisotopic (exact) mass is 618 g/mol. The summed E-state index contributed by atoms with van der Waals surface area (Å²) in [4.78, 5) is 28.7. The maximum Gasteiger partial charge on any atom is 0.309 e. The first-order valence-electron chi connectivity index (χ1n) is 15.5. The highest BCUT2D eigenvalue weighted by molar-refractivity contribution is 6.30. The van der Waals surface area contributed by atoms with E-state index in [1.807, 2.05) is 73.3 Å². The molecule has 2 N–H and O–H groups in total. The maximum atomic E-state index is 13.7. The summed E-state index contributed by atoms with van der Waals surface area (Å²) in [6.45, 7) is 6.10. The van der Waals surface area contributed by atoms with Crippen LogP contribution in [0.4, 0.5) is 5.69 Å². The molecule has 0 bridgehead atoms. The second-order valence-corrected chi connectivity index (χ2v) is 12.4. The van der Waals surface area contributed by atoms with Gasteiger partial charge in [0.2, 0.25) is 5.91 Å². The normalized spacial score (nSPS) is 21.2. The fraction of sp³-hybridized carbons (Fsp3) is 0.429. The predicted molar refractivity (Wildman–Crippen MR) is 169 cm³/mol. The highest BCUT2D eigenvalue weighted by Gasteiger charge is 2.48. The van der Waals surface area contributed by atoms with Crippen LogP contribution in [0.2, 0.25) is 5.02 Å². The molecule has 0 radical (unpaired) electrons. The van der Waals surface area contributed by atoms with Gasteiger partial charge in [0.1, 0.15) is 19.0 Å². The number of nitrogens with zero attached hydrogens (tertiary/aromatic N) is 1. The molecule has 3 aromatic carbocycles. The number of hydrogen-bond donors (Lipinski definition) is 2. The summed E-state index contributed by atoms with van der Waals surface area (Å²) in [7, 11) is 0. The van der Waals surface area contributed by atoms with Gasteiger partial charge in [0, 0.05) is 29.2 Å². The van der Waals surface area contributed by atoms with Crippen molar-refractivity contribution < 1.29 is 28.9 Å². The van der Waals surface area contributed by atoms with Crippen LogP contribution >= 0.6 is 11.6 Å². The summed E-state index contributed by atoms with van der Waals surface area (Å²) in [6, 6.07) is 16.6. The number of carboxylic acids is 1. The van der Waals surface area contributed by atoms with E-state index in [0.717, 1.165) is 46.5 Å². The third-order valence-electron chi connectivity index (χ3n) is 8.92. The van der Waals surface area contributed by atoms with Crippen LogP contribution in [0.1, 0.15) is 60.9 Å². The first-order valence-corrected chi connectivity index (χ1v) is 15.9. The van der Waals surface area contributed by atoms with E-state index >= 15 is 0 Å². The minimum atomic E-state index is -0.911. The van der Waals surface area contributed by atoms with Crippen LogP contribution in [0, 0.1) is 11.8 Å². The zero-order valence-corrected chi connectivity index (χ0v) is 25.9. The van der Waals surface area contributed by atoms with E-state index in [9.17, 15) is 14.7 Å². The summed E-state index contributed by atoms with van der Waals surface area (Å²) in [6.07, 6.45) is 3.85. The largest absolute Gasteiger partial charge is 0.493 e. The summed E-state index contributed by atoms with van der Waals surface area (Å²) < 4.78 is 17.5. The molecule has 1 unspecified atom stereocenters. The summed E-state index contributed by atoms with van der Waals surface area (Å²) in [5.74, 6) is 0.384. The molecule has 2 aliphatic heterocycles. The fourth-order valence-corrected chi connectivity index (χ4v) is 6.75. The van der Waals surface area contributed by atoms with E-state index in [1.54, 1.807) is 0 Å². The van der Waals surface area contributed by atoms with Crippen molar-refractivity contribution in [1.82, 2.24) is 4.90 Å². The Kier molecular flexibility index (Phi) is 9.01. The number of aliphatic carboxylic acids is 1. The maximum absolute atomic E-state index is 13.7. The Labute approximate surface area is 263 Å². The van der Waals surface area contributed by atoms with Crippen molar-refractivity contribution in [3.63, 3.8) is 0 Å². The third-order valence-corrected chi connectivity index (χ3v) is 9.14. The molecule has 1 amide bonds. The number of fused-ring (bicyclic) bond motifs is 1. The van der Waals surface area contributed by atoms with E-state index in [4.69, 9.17) is 25.8 Å². The van der Waals surface area contributed by atoms with Gasteiger partial charge in [0.15, 0.2) is 11.5 Å². The molecule has 1 saturated carbocycles. The van der Waals surface area contributed by atoms with Crippen LogP contribution in [0.5, 0.6) is 17.2 Å². The first-order chi connectivity index (χ1) is 21.3. The number of carbonyl (C=O) groups excluding carboxylic acids is 1. The number of rotatable bonds is 11. The van der Waals surface area contributed by atoms with Crippen molar-refractivity contribution in [2.45, 2.75) is 51.5 Å². The third kappa shape index (κ3) is 6.52. The average Bonchev–Trinajstić information content (AvgIpc) is 3.79. The van der Waals surface area contributed by atoms with Gasteiger partial charge in [-0.15, -0.1) is 0 Å². The van der Waals surface area contributed by atoms with Crippen LogP contribution in [0.15, 0.2) is 54.6 Å². The summed E-state index contributed by atoms with van der Waals surface area (Å²) >= 11 is 6.35. The Morgan fingerprint density at radius 2 is 1.61 bits per heavy atom. The molecule has 2 fully saturated rings. The molecule has 1 aliphatic carbocycles. The number of likely N-dealkylation sites (tertiary alicyclic amines) is 1. The molecule has 0 aromatic heterocycles. The second-order valence-electron chi connectivity index (χ2n) is 11.9. The lowest BCUT2D eigenvalue weighted by molar-refractivity contribution is -0.143. The summed E-state index contributed by atoms with van der Waals surface area (Å²) in [5.41, 5.74) is 4.41. The van der Waals surface area contributed by atoms with E-state index in [2.05, 4.69) is 5.32 Å². The van der Waals surface area contributed by atoms with Gasteiger partial charge >= 0.3 is 5.97 Å². The van der Waals surface area contributed by atoms with Gasteiger partial charge in [-0.1, -0.05) is 43.6 Å². The Bertz CT molecular complexity index is 1500. The van der Waals surface area contributed by atoms with Gasteiger partial charge in [-0.3, -0.25) is 14.5 Å². The Balaban J connectivity index is 1.31. The van der Waals surface area contributed by atoms with Crippen molar-refractivity contribution in [2.24, 2.45) is 11.8 Å². The Hall–Kier alpha value is -3.75. The molecule has 9 heteroatoms. The number of ether oxygens (including phenoxy) is 3. The number of amides is 1. The lowest BCUT2D eigenvalue weighted by Crippen LogP contribution is -2.35. The van der Waals surface area contributed by atoms with Crippen molar-refractivity contribution in [3.05, 3.63) is 81.9 Å². The molecule has 1 saturated heterocycles. The molecule has 3 atom stereocenters. The molecule has 8 nitrogen and oxygen atoms in total. The fourth-order valence-electron chi connectivity index (χ4n) is 6.49. The van der Waals surface area contributed by atoms with Gasteiger partial charge in [-0.05, 0) is 90.3 Å². The van der Waals surface area contributed by atoms with Crippen molar-refractivity contribution >= 4 is 29.2 Å². The average molecular weight is 619 g/mol. The van der Waals surface area contributed by atoms with Gasteiger partial charge in [-0.2, -0.15) is 0 Å². The molecule has 0 spiro atoms. The van der Waals surface area contributed by atoms with E-state index in [-0.39, 0.29) is 18.4 Å². The minimum Gasteiger partial charge on any atom is -0.493 e. The molecule has 3 aliphatic rings. The summed E-state index contributed by atoms with van der Waals surface area (Å²) in [5, 5.41) is 14.4. The van der Waals surface area contributed by atoms with Gasteiger partial charge in [-0.25, -0.2) is 0 Å². The van der Waals surface area contributed by atoms with Crippen LogP contribution in [0.3, 0.4) is 0 Å². The van der Waals surface area contributed by atoms with Crippen LogP contribution in [0.25, 0.3) is 0 Å². The van der Waals surface area contributed by atoms with Crippen LogP contribution in [-0.2, 0) is 22.4 Å². The van der Waals surface area contributed by atoms with E-state index in [1.165, 1.54) is 12.8 Å². The molecule has 6 rings (SSSR count). The molecule has 2 heterocycles. The number of carbonyl (C=O) groups is 2. The molecular formula is C35H39ClN2O6. The predicted octanol–water partition coefficient (Wildman–Crippen LogP) is 6.50.